The number of rotatable bonds is 7. The lowest BCUT2D eigenvalue weighted by Crippen LogP contribution is -2.13. The van der Waals surface area contributed by atoms with Crippen molar-refractivity contribution in [2.24, 2.45) is 0 Å². The molecular weight excluding hydrogens is 239 g/mol. The molecule has 0 fully saturated rings. The van der Waals surface area contributed by atoms with E-state index in [1.165, 1.54) is 18.2 Å². The highest BCUT2D eigenvalue weighted by molar-refractivity contribution is 5.91. The minimum Gasteiger partial charge on any atom is -0.396 e. The van der Waals surface area contributed by atoms with Gasteiger partial charge in [0.05, 0.1) is 18.9 Å². The first kappa shape index (κ1) is 14.4. The van der Waals surface area contributed by atoms with E-state index in [9.17, 15) is 9.18 Å². The van der Waals surface area contributed by atoms with E-state index in [-0.39, 0.29) is 24.8 Å². The first-order valence-electron chi connectivity index (χ1n) is 5.67. The topological polar surface area (TPSA) is 84.6 Å². The minimum atomic E-state index is -0.509. The predicted molar refractivity (Wildman–Crippen MR) is 66.6 cm³/mol. The van der Waals surface area contributed by atoms with Crippen molar-refractivity contribution in [3.8, 4) is 0 Å². The number of hydrogen-bond acceptors (Lipinski definition) is 4. The number of anilines is 2. The number of aliphatic hydroxyl groups excluding tert-OH is 1. The molecule has 0 aliphatic heterocycles. The summed E-state index contributed by atoms with van der Waals surface area (Å²) in [5.74, 6) is -0.695. The summed E-state index contributed by atoms with van der Waals surface area (Å²) < 4.78 is 17.9. The van der Waals surface area contributed by atoms with Crippen LogP contribution in [-0.4, -0.2) is 30.8 Å². The summed E-state index contributed by atoms with van der Waals surface area (Å²) >= 11 is 0. The Kier molecular flexibility index (Phi) is 6.10. The van der Waals surface area contributed by atoms with E-state index < -0.39 is 5.82 Å². The van der Waals surface area contributed by atoms with Crippen molar-refractivity contribution in [2.45, 2.75) is 12.8 Å². The average Bonchev–Trinajstić information content (AvgIpc) is 2.34. The Morgan fingerprint density at radius 1 is 1.44 bits per heavy atom. The standard InChI is InChI=1S/C12H17FN2O3/c13-10-4-3-9(8-11(10)14)15-12(17)2-1-6-18-7-5-16/h3-4,8,16H,1-2,5-7,14H2,(H,15,17). The lowest BCUT2D eigenvalue weighted by Gasteiger charge is -2.06. The van der Waals surface area contributed by atoms with E-state index in [1.54, 1.807) is 0 Å². The van der Waals surface area contributed by atoms with Crippen molar-refractivity contribution in [3.05, 3.63) is 24.0 Å². The van der Waals surface area contributed by atoms with Gasteiger partial charge >= 0.3 is 0 Å². The molecular formula is C12H17FN2O3. The Bertz CT molecular complexity index is 399. The Hall–Kier alpha value is -1.66. The second-order valence-corrected chi connectivity index (χ2v) is 3.72. The summed E-state index contributed by atoms with van der Waals surface area (Å²) in [6, 6.07) is 4.02. The predicted octanol–water partition coefficient (Wildman–Crippen LogP) is 1.14. The number of hydrogen-bond donors (Lipinski definition) is 3. The second-order valence-electron chi connectivity index (χ2n) is 3.72. The lowest BCUT2D eigenvalue weighted by atomic mass is 10.2. The van der Waals surface area contributed by atoms with E-state index >= 15 is 0 Å². The van der Waals surface area contributed by atoms with Gasteiger partial charge in [0, 0.05) is 18.7 Å². The van der Waals surface area contributed by atoms with Crippen LogP contribution in [0.5, 0.6) is 0 Å². The first-order valence-corrected chi connectivity index (χ1v) is 5.67. The highest BCUT2D eigenvalue weighted by Crippen LogP contribution is 2.16. The molecule has 5 nitrogen and oxygen atoms in total. The SMILES string of the molecule is Nc1cc(NC(=O)CCCOCCO)ccc1F. The number of carbonyl (C=O) groups excluding carboxylic acids is 1. The van der Waals surface area contributed by atoms with Crippen LogP contribution in [0.25, 0.3) is 0 Å². The molecule has 18 heavy (non-hydrogen) atoms. The summed E-state index contributed by atoms with van der Waals surface area (Å²) in [5.41, 5.74) is 5.85. The van der Waals surface area contributed by atoms with Crippen LogP contribution in [0.4, 0.5) is 15.8 Å². The molecule has 0 saturated heterocycles. The van der Waals surface area contributed by atoms with Crippen molar-refractivity contribution >= 4 is 17.3 Å². The Labute approximate surface area is 105 Å². The number of halogens is 1. The maximum Gasteiger partial charge on any atom is 0.224 e. The number of aliphatic hydroxyl groups is 1. The quantitative estimate of drug-likeness (QED) is 0.504. The molecule has 0 saturated carbocycles. The van der Waals surface area contributed by atoms with Crippen LogP contribution < -0.4 is 11.1 Å². The van der Waals surface area contributed by atoms with E-state index in [2.05, 4.69) is 5.32 Å². The van der Waals surface area contributed by atoms with Crippen molar-refractivity contribution in [2.75, 3.05) is 30.9 Å². The number of benzene rings is 1. The van der Waals surface area contributed by atoms with Gasteiger partial charge in [0.2, 0.25) is 5.91 Å². The van der Waals surface area contributed by atoms with Crippen molar-refractivity contribution in [3.63, 3.8) is 0 Å². The van der Waals surface area contributed by atoms with Gasteiger partial charge in [0.15, 0.2) is 0 Å². The van der Waals surface area contributed by atoms with Gasteiger partial charge in [-0.15, -0.1) is 0 Å². The molecule has 0 radical (unpaired) electrons. The van der Waals surface area contributed by atoms with Crippen LogP contribution in [0.15, 0.2) is 18.2 Å². The van der Waals surface area contributed by atoms with Gasteiger partial charge in [0.25, 0.3) is 0 Å². The Morgan fingerprint density at radius 2 is 2.22 bits per heavy atom. The van der Waals surface area contributed by atoms with Gasteiger partial charge in [-0.2, -0.15) is 0 Å². The number of carbonyl (C=O) groups is 1. The third-order valence-corrected chi connectivity index (χ3v) is 2.21. The number of nitrogens with two attached hydrogens (primary N) is 1. The zero-order chi connectivity index (χ0) is 13.4. The molecule has 4 N–H and O–H groups in total. The largest absolute Gasteiger partial charge is 0.396 e. The summed E-state index contributed by atoms with van der Waals surface area (Å²) in [7, 11) is 0. The zero-order valence-electron chi connectivity index (χ0n) is 9.99. The highest BCUT2D eigenvalue weighted by Gasteiger charge is 2.04. The normalized spacial score (nSPS) is 10.3. The number of amides is 1. The van der Waals surface area contributed by atoms with E-state index in [0.717, 1.165) is 0 Å². The van der Waals surface area contributed by atoms with Crippen molar-refractivity contribution in [1.29, 1.82) is 0 Å². The Balaban J connectivity index is 2.29. The highest BCUT2D eigenvalue weighted by atomic mass is 19.1. The second kappa shape index (κ2) is 7.62. The van der Waals surface area contributed by atoms with Crippen LogP contribution in [0.2, 0.25) is 0 Å². The maximum atomic E-state index is 12.9. The average molecular weight is 256 g/mol. The summed E-state index contributed by atoms with van der Waals surface area (Å²) in [6.45, 7) is 0.663. The fourth-order valence-corrected chi connectivity index (χ4v) is 1.35. The zero-order valence-corrected chi connectivity index (χ0v) is 9.99. The molecule has 0 aromatic heterocycles. The van der Waals surface area contributed by atoms with Crippen molar-refractivity contribution in [1.82, 2.24) is 0 Å². The van der Waals surface area contributed by atoms with Gasteiger partial charge in [0.1, 0.15) is 5.82 Å². The van der Waals surface area contributed by atoms with Gasteiger partial charge in [-0.1, -0.05) is 0 Å². The summed E-state index contributed by atoms with van der Waals surface area (Å²) in [4.78, 5) is 11.5. The third kappa shape index (κ3) is 5.11. The molecule has 1 aromatic rings. The first-order chi connectivity index (χ1) is 8.63. The molecule has 1 aromatic carbocycles. The molecule has 0 atom stereocenters. The van der Waals surface area contributed by atoms with E-state index in [1.807, 2.05) is 0 Å². The molecule has 6 heteroatoms. The summed E-state index contributed by atoms with van der Waals surface area (Å²) in [5, 5.41) is 11.1. The molecule has 0 heterocycles. The third-order valence-electron chi connectivity index (χ3n) is 2.21. The number of nitrogens with one attached hydrogen (secondary N) is 1. The van der Waals surface area contributed by atoms with Crippen LogP contribution in [0, 0.1) is 5.82 Å². The van der Waals surface area contributed by atoms with Crippen LogP contribution in [0.3, 0.4) is 0 Å². The van der Waals surface area contributed by atoms with E-state index in [0.29, 0.717) is 25.1 Å². The smallest absolute Gasteiger partial charge is 0.224 e. The monoisotopic (exact) mass is 256 g/mol. The molecule has 0 unspecified atom stereocenters. The molecule has 0 aliphatic rings. The van der Waals surface area contributed by atoms with Gasteiger partial charge in [-0.25, -0.2) is 4.39 Å². The molecule has 1 amide bonds. The van der Waals surface area contributed by atoms with Crippen LogP contribution in [0.1, 0.15) is 12.8 Å². The van der Waals surface area contributed by atoms with Gasteiger partial charge < -0.3 is 20.9 Å². The molecule has 100 valence electrons. The maximum absolute atomic E-state index is 12.9. The summed E-state index contributed by atoms with van der Waals surface area (Å²) in [6.07, 6.45) is 0.852. The molecule has 1 rings (SSSR count). The molecule has 0 aliphatic carbocycles. The van der Waals surface area contributed by atoms with E-state index in [4.69, 9.17) is 15.6 Å². The number of ether oxygens (including phenoxy) is 1. The van der Waals surface area contributed by atoms with Crippen molar-refractivity contribution < 1.29 is 19.0 Å². The molecule has 0 spiro atoms. The van der Waals surface area contributed by atoms with Gasteiger partial charge in [-0.3, -0.25) is 4.79 Å². The van der Waals surface area contributed by atoms with Crippen LogP contribution in [-0.2, 0) is 9.53 Å². The van der Waals surface area contributed by atoms with Gasteiger partial charge in [-0.05, 0) is 24.6 Å². The number of nitrogen functional groups attached to an aromatic ring is 1. The fourth-order valence-electron chi connectivity index (χ4n) is 1.35. The fraction of sp³-hybridized carbons (Fsp3) is 0.417. The molecule has 0 bridgehead atoms. The lowest BCUT2D eigenvalue weighted by molar-refractivity contribution is -0.116. The minimum absolute atomic E-state index is 0.000853. The van der Waals surface area contributed by atoms with Crippen LogP contribution >= 0.6 is 0 Å². The Morgan fingerprint density at radius 3 is 2.89 bits per heavy atom.